The highest BCUT2D eigenvalue weighted by molar-refractivity contribution is 14.0. The number of halogens is 1. The van der Waals surface area contributed by atoms with Crippen LogP contribution in [0.5, 0.6) is 11.6 Å². The molecule has 0 saturated heterocycles. The van der Waals surface area contributed by atoms with Gasteiger partial charge in [-0.15, -0.1) is 24.0 Å². The van der Waals surface area contributed by atoms with Crippen molar-refractivity contribution in [1.29, 1.82) is 0 Å². The molecule has 25 heavy (non-hydrogen) atoms. The van der Waals surface area contributed by atoms with Gasteiger partial charge in [0.15, 0.2) is 5.96 Å². The normalized spacial score (nSPS) is 11.4. The molecule has 0 saturated carbocycles. The van der Waals surface area contributed by atoms with E-state index in [-0.39, 0.29) is 29.6 Å². The average molecular weight is 456 g/mol. The third-order valence-corrected chi connectivity index (χ3v) is 3.00. The SMILES string of the molecule is COc1ccc(NC(N)=NCc2ccc(OC(C)(C)C)nc2)cc1.I. The number of hydrogen-bond donors (Lipinski definition) is 2. The highest BCUT2D eigenvalue weighted by Crippen LogP contribution is 2.16. The van der Waals surface area contributed by atoms with Crippen LogP contribution < -0.4 is 20.5 Å². The highest BCUT2D eigenvalue weighted by atomic mass is 127. The zero-order chi connectivity index (χ0) is 17.6. The smallest absolute Gasteiger partial charge is 0.213 e. The summed E-state index contributed by atoms with van der Waals surface area (Å²) in [6, 6.07) is 11.2. The van der Waals surface area contributed by atoms with E-state index in [0.717, 1.165) is 17.0 Å². The Morgan fingerprint density at radius 1 is 1.16 bits per heavy atom. The summed E-state index contributed by atoms with van der Waals surface area (Å²) in [5, 5.41) is 3.03. The standard InChI is InChI=1S/C18H24N4O2.HI/c1-18(2,3)24-16-10-5-13(11-20-16)12-21-17(19)22-14-6-8-15(23-4)9-7-14;/h5-11H,12H2,1-4H3,(H3,19,21,22);1H. The summed E-state index contributed by atoms with van der Waals surface area (Å²) in [6.07, 6.45) is 1.74. The van der Waals surface area contributed by atoms with Gasteiger partial charge in [0, 0.05) is 18.0 Å². The summed E-state index contributed by atoms with van der Waals surface area (Å²) in [5.41, 5.74) is 7.44. The van der Waals surface area contributed by atoms with Crippen LogP contribution in [0.25, 0.3) is 0 Å². The van der Waals surface area contributed by atoms with Crippen LogP contribution in [0.15, 0.2) is 47.6 Å². The predicted molar refractivity (Wildman–Crippen MR) is 112 cm³/mol. The number of nitrogens with one attached hydrogen (secondary N) is 1. The number of aliphatic imine (C=N–C) groups is 1. The van der Waals surface area contributed by atoms with Crippen LogP contribution in [-0.4, -0.2) is 23.7 Å². The van der Waals surface area contributed by atoms with Gasteiger partial charge in [-0.1, -0.05) is 6.07 Å². The Balaban J connectivity index is 0.00000312. The lowest BCUT2D eigenvalue weighted by molar-refractivity contribution is 0.124. The Kier molecular flexibility index (Phi) is 7.95. The van der Waals surface area contributed by atoms with Gasteiger partial charge in [0.25, 0.3) is 0 Å². The molecule has 0 atom stereocenters. The maximum Gasteiger partial charge on any atom is 0.213 e. The minimum absolute atomic E-state index is 0. The van der Waals surface area contributed by atoms with E-state index < -0.39 is 0 Å². The van der Waals surface area contributed by atoms with Gasteiger partial charge in [-0.3, -0.25) is 0 Å². The fraction of sp³-hybridized carbons (Fsp3) is 0.333. The molecule has 1 heterocycles. The van der Waals surface area contributed by atoms with Crippen molar-refractivity contribution >= 4 is 35.6 Å². The van der Waals surface area contributed by atoms with Crippen LogP contribution in [0.4, 0.5) is 5.69 Å². The zero-order valence-corrected chi connectivity index (χ0v) is 17.3. The summed E-state index contributed by atoms with van der Waals surface area (Å²) in [6.45, 7) is 6.40. The van der Waals surface area contributed by atoms with E-state index in [1.807, 2.05) is 57.2 Å². The summed E-state index contributed by atoms with van der Waals surface area (Å²) in [4.78, 5) is 8.59. The van der Waals surface area contributed by atoms with E-state index in [2.05, 4.69) is 15.3 Å². The van der Waals surface area contributed by atoms with Gasteiger partial charge in [-0.05, 0) is 50.6 Å². The second-order valence-corrected chi connectivity index (χ2v) is 6.27. The van der Waals surface area contributed by atoms with E-state index in [9.17, 15) is 0 Å². The predicted octanol–water partition coefficient (Wildman–Crippen LogP) is 3.81. The molecule has 6 nitrogen and oxygen atoms in total. The first kappa shape index (κ1) is 21.0. The van der Waals surface area contributed by atoms with Gasteiger partial charge in [-0.2, -0.15) is 0 Å². The molecule has 0 bridgehead atoms. The number of aromatic nitrogens is 1. The third-order valence-electron chi connectivity index (χ3n) is 3.00. The summed E-state index contributed by atoms with van der Waals surface area (Å²) < 4.78 is 10.8. The number of ether oxygens (including phenoxy) is 2. The average Bonchev–Trinajstić information content (AvgIpc) is 2.53. The monoisotopic (exact) mass is 456 g/mol. The lowest BCUT2D eigenvalue weighted by atomic mass is 10.2. The van der Waals surface area contributed by atoms with E-state index in [1.54, 1.807) is 13.3 Å². The van der Waals surface area contributed by atoms with Gasteiger partial charge in [0.2, 0.25) is 5.88 Å². The third kappa shape index (κ3) is 7.59. The van der Waals surface area contributed by atoms with Crippen LogP contribution in [0.3, 0.4) is 0 Å². The molecular formula is C18H25IN4O2. The van der Waals surface area contributed by atoms with Gasteiger partial charge < -0.3 is 20.5 Å². The molecule has 0 aliphatic heterocycles. The van der Waals surface area contributed by atoms with E-state index in [4.69, 9.17) is 15.2 Å². The minimum atomic E-state index is -0.265. The van der Waals surface area contributed by atoms with Crippen molar-refractivity contribution in [3.63, 3.8) is 0 Å². The fourth-order valence-corrected chi connectivity index (χ4v) is 1.92. The van der Waals surface area contributed by atoms with Gasteiger partial charge in [0.05, 0.1) is 13.7 Å². The van der Waals surface area contributed by atoms with Crippen LogP contribution in [0.2, 0.25) is 0 Å². The van der Waals surface area contributed by atoms with Crippen molar-refractivity contribution < 1.29 is 9.47 Å². The van der Waals surface area contributed by atoms with Gasteiger partial charge in [0.1, 0.15) is 11.4 Å². The molecule has 2 aromatic rings. The van der Waals surface area contributed by atoms with Crippen molar-refractivity contribution in [2.75, 3.05) is 12.4 Å². The molecule has 0 fully saturated rings. The molecule has 3 N–H and O–H groups in total. The molecule has 7 heteroatoms. The molecule has 0 unspecified atom stereocenters. The number of rotatable bonds is 5. The Hall–Kier alpha value is -2.03. The first-order chi connectivity index (χ1) is 11.4. The molecule has 0 radical (unpaired) electrons. The molecule has 2 rings (SSSR count). The largest absolute Gasteiger partial charge is 0.497 e. The van der Waals surface area contributed by atoms with Crippen LogP contribution in [0.1, 0.15) is 26.3 Å². The van der Waals surface area contributed by atoms with Crippen molar-refractivity contribution in [2.24, 2.45) is 10.7 Å². The lowest BCUT2D eigenvalue weighted by Crippen LogP contribution is -2.23. The van der Waals surface area contributed by atoms with Crippen molar-refractivity contribution in [2.45, 2.75) is 32.9 Å². The van der Waals surface area contributed by atoms with Crippen LogP contribution in [-0.2, 0) is 6.54 Å². The number of nitrogens with zero attached hydrogens (tertiary/aromatic N) is 2. The maximum absolute atomic E-state index is 5.90. The molecule has 0 aliphatic carbocycles. The van der Waals surface area contributed by atoms with Crippen LogP contribution >= 0.6 is 24.0 Å². The Labute approximate surface area is 165 Å². The number of anilines is 1. The lowest BCUT2D eigenvalue weighted by Gasteiger charge is -2.20. The van der Waals surface area contributed by atoms with Crippen LogP contribution in [0, 0.1) is 0 Å². The Bertz CT molecular complexity index is 680. The second-order valence-electron chi connectivity index (χ2n) is 6.27. The Morgan fingerprint density at radius 3 is 2.36 bits per heavy atom. The topological polar surface area (TPSA) is 81.8 Å². The maximum atomic E-state index is 5.90. The minimum Gasteiger partial charge on any atom is -0.497 e. The molecule has 0 amide bonds. The number of hydrogen-bond acceptors (Lipinski definition) is 4. The fourth-order valence-electron chi connectivity index (χ4n) is 1.92. The second kappa shape index (κ2) is 9.45. The molecule has 136 valence electrons. The van der Waals surface area contributed by atoms with Gasteiger partial charge >= 0.3 is 0 Å². The molecular weight excluding hydrogens is 431 g/mol. The quantitative estimate of drug-likeness (QED) is 0.406. The van der Waals surface area contributed by atoms with Crippen molar-refractivity contribution in [1.82, 2.24) is 4.98 Å². The summed E-state index contributed by atoms with van der Waals surface area (Å²) in [5.74, 6) is 1.73. The molecule has 0 spiro atoms. The van der Waals surface area contributed by atoms with Crippen molar-refractivity contribution in [3.05, 3.63) is 48.2 Å². The number of guanidine groups is 1. The zero-order valence-electron chi connectivity index (χ0n) is 14.9. The molecule has 1 aromatic carbocycles. The summed E-state index contributed by atoms with van der Waals surface area (Å²) >= 11 is 0. The van der Waals surface area contributed by atoms with E-state index in [0.29, 0.717) is 18.4 Å². The Morgan fingerprint density at radius 2 is 1.84 bits per heavy atom. The van der Waals surface area contributed by atoms with Crippen molar-refractivity contribution in [3.8, 4) is 11.6 Å². The van der Waals surface area contributed by atoms with E-state index >= 15 is 0 Å². The van der Waals surface area contributed by atoms with E-state index in [1.165, 1.54) is 0 Å². The molecule has 1 aromatic heterocycles. The number of benzene rings is 1. The first-order valence-electron chi connectivity index (χ1n) is 7.71. The first-order valence-corrected chi connectivity index (χ1v) is 7.71. The number of nitrogens with two attached hydrogens (primary N) is 1. The summed E-state index contributed by atoms with van der Waals surface area (Å²) in [7, 11) is 1.63. The highest BCUT2D eigenvalue weighted by Gasteiger charge is 2.12. The molecule has 0 aliphatic rings. The van der Waals surface area contributed by atoms with Gasteiger partial charge in [-0.25, -0.2) is 9.98 Å². The number of pyridine rings is 1. The number of methoxy groups -OCH3 is 1.